The van der Waals surface area contributed by atoms with Crippen LogP contribution in [0, 0.1) is 22.7 Å². The smallest absolute Gasteiger partial charge is 0.307 e. The Morgan fingerprint density at radius 3 is 2.15 bits per heavy atom. The van der Waals surface area contributed by atoms with Crippen LogP contribution in [0.4, 0.5) is 0 Å². The van der Waals surface area contributed by atoms with Gasteiger partial charge in [0, 0.05) is 6.61 Å². The number of aliphatic hydroxyl groups is 1. The summed E-state index contributed by atoms with van der Waals surface area (Å²) in [5, 5.41) is 18.1. The maximum absolute atomic E-state index is 10.9. The van der Waals surface area contributed by atoms with Crippen LogP contribution in [-0.4, -0.2) is 22.8 Å². The molecule has 0 spiro atoms. The van der Waals surface area contributed by atoms with Crippen molar-refractivity contribution in [2.24, 2.45) is 22.7 Å². The summed E-state index contributed by atoms with van der Waals surface area (Å²) in [5.41, 5.74) is -0.454. The van der Waals surface area contributed by atoms with E-state index in [1.54, 1.807) is 0 Å². The number of hydrogen-bond acceptors (Lipinski definition) is 2. The molecule has 3 nitrogen and oxygen atoms in total. The van der Waals surface area contributed by atoms with Crippen molar-refractivity contribution < 1.29 is 15.0 Å². The monoisotopic (exact) mass is 186 g/mol. The Morgan fingerprint density at radius 2 is 1.92 bits per heavy atom. The molecular formula is C10H18O3. The van der Waals surface area contributed by atoms with Crippen LogP contribution in [0.5, 0.6) is 0 Å². The molecule has 1 saturated carbocycles. The van der Waals surface area contributed by atoms with Crippen LogP contribution < -0.4 is 0 Å². The van der Waals surface area contributed by atoms with E-state index in [4.69, 9.17) is 10.2 Å². The van der Waals surface area contributed by atoms with Gasteiger partial charge >= 0.3 is 5.97 Å². The molecule has 1 aliphatic carbocycles. The van der Waals surface area contributed by atoms with Gasteiger partial charge in [0.05, 0.1) is 5.92 Å². The molecule has 2 N–H and O–H groups in total. The minimum atomic E-state index is -0.739. The first kappa shape index (κ1) is 10.5. The van der Waals surface area contributed by atoms with Crippen LogP contribution >= 0.6 is 0 Å². The molecule has 13 heavy (non-hydrogen) atoms. The lowest BCUT2D eigenvalue weighted by Gasteiger charge is -2.23. The second-order valence-electron chi connectivity index (χ2n) is 5.26. The molecule has 0 radical (unpaired) electrons. The number of carboxylic acid groups (broad SMARTS) is 1. The van der Waals surface area contributed by atoms with Crippen molar-refractivity contribution >= 4 is 5.97 Å². The first-order valence-corrected chi connectivity index (χ1v) is 4.59. The van der Waals surface area contributed by atoms with Gasteiger partial charge in [0.25, 0.3) is 0 Å². The Hall–Kier alpha value is -0.570. The highest BCUT2D eigenvalue weighted by atomic mass is 16.4. The predicted molar refractivity (Wildman–Crippen MR) is 49.3 cm³/mol. The van der Waals surface area contributed by atoms with E-state index in [-0.39, 0.29) is 29.3 Å². The minimum absolute atomic E-state index is 0.0465. The van der Waals surface area contributed by atoms with Crippen molar-refractivity contribution in [3.05, 3.63) is 0 Å². The van der Waals surface area contributed by atoms with Crippen LogP contribution in [0.2, 0.25) is 0 Å². The van der Waals surface area contributed by atoms with Crippen molar-refractivity contribution in [3.8, 4) is 0 Å². The standard InChI is InChI=1S/C10H18O3/c1-9(2,5-11)7-6(8(12)13)10(7,3)4/h6-7,11H,5H2,1-4H3,(H,12,13). The molecule has 0 aromatic rings. The summed E-state index contributed by atoms with van der Waals surface area (Å²) in [7, 11) is 0. The molecule has 2 unspecified atom stereocenters. The molecule has 0 aliphatic heterocycles. The summed E-state index contributed by atoms with van der Waals surface area (Å²) in [6.07, 6.45) is 0. The molecule has 0 saturated heterocycles. The van der Waals surface area contributed by atoms with Crippen LogP contribution in [0.15, 0.2) is 0 Å². The van der Waals surface area contributed by atoms with Crippen molar-refractivity contribution in [1.82, 2.24) is 0 Å². The summed E-state index contributed by atoms with van der Waals surface area (Å²) in [6, 6.07) is 0. The van der Waals surface area contributed by atoms with E-state index in [2.05, 4.69) is 0 Å². The molecule has 0 heterocycles. The number of aliphatic hydroxyl groups excluding tert-OH is 1. The van der Waals surface area contributed by atoms with Gasteiger partial charge in [-0.1, -0.05) is 27.7 Å². The van der Waals surface area contributed by atoms with E-state index in [0.717, 1.165) is 0 Å². The second kappa shape index (κ2) is 2.71. The Kier molecular flexibility index (Phi) is 2.19. The lowest BCUT2D eigenvalue weighted by Crippen LogP contribution is -2.23. The largest absolute Gasteiger partial charge is 0.481 e. The Balaban J connectivity index is 2.82. The summed E-state index contributed by atoms with van der Waals surface area (Å²) in [5.74, 6) is -0.950. The third-order valence-corrected chi connectivity index (χ3v) is 3.34. The molecule has 0 aromatic heterocycles. The molecule has 0 bridgehead atoms. The molecule has 0 aromatic carbocycles. The third-order valence-electron chi connectivity index (χ3n) is 3.34. The second-order valence-corrected chi connectivity index (χ2v) is 5.26. The third kappa shape index (κ3) is 1.46. The highest BCUT2D eigenvalue weighted by Gasteiger charge is 2.66. The summed E-state index contributed by atoms with van der Waals surface area (Å²) in [6.45, 7) is 7.79. The van der Waals surface area contributed by atoms with Gasteiger partial charge in [-0.2, -0.15) is 0 Å². The Bertz CT molecular complexity index is 230. The molecule has 3 heteroatoms. The Labute approximate surface area is 78.8 Å². The summed E-state index contributed by atoms with van der Waals surface area (Å²) in [4.78, 5) is 10.9. The van der Waals surface area contributed by atoms with Crippen molar-refractivity contribution in [2.75, 3.05) is 6.61 Å². The molecular weight excluding hydrogens is 168 g/mol. The summed E-state index contributed by atoms with van der Waals surface area (Å²) < 4.78 is 0. The number of carbonyl (C=O) groups is 1. The lowest BCUT2D eigenvalue weighted by atomic mass is 9.84. The molecule has 1 fully saturated rings. The van der Waals surface area contributed by atoms with E-state index >= 15 is 0 Å². The van der Waals surface area contributed by atoms with Crippen molar-refractivity contribution in [2.45, 2.75) is 27.7 Å². The quantitative estimate of drug-likeness (QED) is 0.699. The van der Waals surface area contributed by atoms with Crippen LogP contribution in [0.1, 0.15) is 27.7 Å². The molecule has 76 valence electrons. The van der Waals surface area contributed by atoms with Gasteiger partial charge in [-0.15, -0.1) is 0 Å². The van der Waals surface area contributed by atoms with E-state index < -0.39 is 5.97 Å². The van der Waals surface area contributed by atoms with Crippen LogP contribution in [0.3, 0.4) is 0 Å². The van der Waals surface area contributed by atoms with Gasteiger partial charge in [0.1, 0.15) is 0 Å². The molecule has 1 rings (SSSR count). The number of carboxylic acids is 1. The molecule has 0 amide bonds. The zero-order chi connectivity index (χ0) is 10.4. The van der Waals surface area contributed by atoms with Crippen molar-refractivity contribution in [3.63, 3.8) is 0 Å². The number of hydrogen-bond donors (Lipinski definition) is 2. The first-order valence-electron chi connectivity index (χ1n) is 4.59. The predicted octanol–water partition coefficient (Wildman–Crippen LogP) is 1.36. The van der Waals surface area contributed by atoms with Gasteiger partial charge in [-0.25, -0.2) is 0 Å². The minimum Gasteiger partial charge on any atom is -0.481 e. The summed E-state index contributed by atoms with van der Waals surface area (Å²) >= 11 is 0. The fourth-order valence-corrected chi connectivity index (χ4v) is 2.66. The average Bonchev–Trinajstić information content (AvgIpc) is 2.54. The molecule has 1 aliphatic rings. The van der Waals surface area contributed by atoms with Gasteiger partial charge in [0.15, 0.2) is 0 Å². The van der Waals surface area contributed by atoms with Gasteiger partial charge in [-0.3, -0.25) is 4.79 Å². The fourth-order valence-electron chi connectivity index (χ4n) is 2.66. The van der Waals surface area contributed by atoms with Gasteiger partial charge < -0.3 is 10.2 Å². The highest BCUT2D eigenvalue weighted by Crippen LogP contribution is 2.65. The van der Waals surface area contributed by atoms with Crippen LogP contribution in [-0.2, 0) is 4.79 Å². The van der Waals surface area contributed by atoms with Crippen LogP contribution in [0.25, 0.3) is 0 Å². The highest BCUT2D eigenvalue weighted by molar-refractivity contribution is 5.75. The lowest BCUT2D eigenvalue weighted by molar-refractivity contribution is -0.139. The Morgan fingerprint density at radius 1 is 1.46 bits per heavy atom. The SMILES string of the molecule is CC(C)(CO)C1C(C(=O)O)C1(C)C. The van der Waals surface area contributed by atoms with E-state index in [9.17, 15) is 4.79 Å². The normalized spacial score (nSPS) is 31.5. The number of rotatable bonds is 3. The van der Waals surface area contributed by atoms with E-state index in [0.29, 0.717) is 0 Å². The zero-order valence-corrected chi connectivity index (χ0v) is 8.66. The number of aliphatic carboxylic acids is 1. The van der Waals surface area contributed by atoms with E-state index in [1.165, 1.54) is 0 Å². The maximum atomic E-state index is 10.9. The molecule has 2 atom stereocenters. The van der Waals surface area contributed by atoms with Gasteiger partial charge in [0.2, 0.25) is 0 Å². The zero-order valence-electron chi connectivity index (χ0n) is 8.66. The first-order chi connectivity index (χ1) is 5.75. The average molecular weight is 186 g/mol. The fraction of sp³-hybridized carbons (Fsp3) is 0.900. The van der Waals surface area contributed by atoms with Crippen molar-refractivity contribution in [1.29, 1.82) is 0 Å². The maximum Gasteiger partial charge on any atom is 0.307 e. The van der Waals surface area contributed by atoms with Gasteiger partial charge in [-0.05, 0) is 16.7 Å². The topological polar surface area (TPSA) is 57.5 Å². The van der Waals surface area contributed by atoms with E-state index in [1.807, 2.05) is 27.7 Å².